The molecule has 1 aromatic heterocycles. The van der Waals surface area contributed by atoms with Crippen LogP contribution in [0.15, 0.2) is 48.7 Å². The average molecular weight is 448 g/mol. The van der Waals surface area contributed by atoms with E-state index in [2.05, 4.69) is 30.3 Å². The molecule has 1 saturated carbocycles. The minimum absolute atomic E-state index is 0. The second-order valence-electron chi connectivity index (χ2n) is 8.54. The summed E-state index contributed by atoms with van der Waals surface area (Å²) in [6.45, 7) is 6.56. The van der Waals surface area contributed by atoms with Crippen molar-refractivity contribution in [1.29, 1.82) is 0 Å². The molecule has 0 saturated heterocycles. The standard InChI is InChI=1S/C24H29ClN2O2.ClH/c1-24(2,14-18-15-26-21-10-9-19(25)13-20(18)21)27-11-12-28-22-5-3-4-6-23(22)29-16-17-7-8-17;/h3-6,9-10,13,15,17,26-27H,7-8,11-12,14,16H2,1-2H3;1H/p-1. The van der Waals surface area contributed by atoms with Crippen LogP contribution in [0.2, 0.25) is 5.02 Å². The summed E-state index contributed by atoms with van der Waals surface area (Å²) in [6.07, 6.45) is 5.54. The maximum absolute atomic E-state index is 6.18. The van der Waals surface area contributed by atoms with Crippen molar-refractivity contribution in [3.05, 3.63) is 59.2 Å². The van der Waals surface area contributed by atoms with E-state index in [9.17, 15) is 0 Å². The number of halogens is 2. The zero-order chi connectivity index (χ0) is 20.3. The van der Waals surface area contributed by atoms with Crippen molar-refractivity contribution < 1.29 is 21.9 Å². The van der Waals surface area contributed by atoms with Gasteiger partial charge < -0.3 is 32.2 Å². The van der Waals surface area contributed by atoms with Crippen LogP contribution in [0.4, 0.5) is 0 Å². The van der Waals surface area contributed by atoms with Crippen molar-refractivity contribution in [2.45, 2.75) is 38.6 Å². The molecule has 0 amide bonds. The highest BCUT2D eigenvalue weighted by atomic mass is 35.5. The van der Waals surface area contributed by atoms with Crippen LogP contribution in [0.5, 0.6) is 11.5 Å². The Morgan fingerprint density at radius 1 is 1.10 bits per heavy atom. The second-order valence-corrected chi connectivity index (χ2v) is 8.98. The molecule has 0 unspecified atom stereocenters. The van der Waals surface area contributed by atoms with Gasteiger partial charge in [0.15, 0.2) is 11.5 Å². The molecule has 3 aromatic rings. The Morgan fingerprint density at radius 3 is 2.57 bits per heavy atom. The Kier molecular flexibility index (Phi) is 7.56. The molecule has 162 valence electrons. The van der Waals surface area contributed by atoms with Gasteiger partial charge in [-0.05, 0) is 74.9 Å². The van der Waals surface area contributed by atoms with Gasteiger partial charge in [-0.3, -0.25) is 0 Å². The van der Waals surface area contributed by atoms with Gasteiger partial charge in [-0.1, -0.05) is 23.7 Å². The van der Waals surface area contributed by atoms with Gasteiger partial charge in [0.2, 0.25) is 0 Å². The fourth-order valence-corrected chi connectivity index (χ4v) is 3.74. The summed E-state index contributed by atoms with van der Waals surface area (Å²) in [6, 6.07) is 13.9. The van der Waals surface area contributed by atoms with Gasteiger partial charge in [0.05, 0.1) is 6.61 Å². The Balaban J connectivity index is 0.00000256. The minimum atomic E-state index is -0.0667. The van der Waals surface area contributed by atoms with Crippen molar-refractivity contribution in [3.63, 3.8) is 0 Å². The molecule has 0 aliphatic heterocycles. The Morgan fingerprint density at radius 2 is 1.83 bits per heavy atom. The molecule has 4 nitrogen and oxygen atoms in total. The van der Waals surface area contributed by atoms with Crippen molar-refractivity contribution >= 4 is 22.5 Å². The first-order valence-corrected chi connectivity index (χ1v) is 10.7. The highest BCUT2D eigenvalue weighted by Crippen LogP contribution is 2.32. The number of aromatic amines is 1. The van der Waals surface area contributed by atoms with Crippen LogP contribution >= 0.6 is 11.6 Å². The van der Waals surface area contributed by atoms with E-state index in [-0.39, 0.29) is 17.9 Å². The number of fused-ring (bicyclic) bond motifs is 1. The lowest BCUT2D eigenvalue weighted by Crippen LogP contribution is -3.00. The monoisotopic (exact) mass is 447 g/mol. The first-order valence-electron chi connectivity index (χ1n) is 10.4. The van der Waals surface area contributed by atoms with Gasteiger partial charge in [-0.25, -0.2) is 0 Å². The molecule has 6 heteroatoms. The number of aromatic nitrogens is 1. The van der Waals surface area contributed by atoms with Crippen LogP contribution in [-0.4, -0.2) is 30.3 Å². The maximum atomic E-state index is 6.18. The third-order valence-corrected chi connectivity index (χ3v) is 5.58. The fourth-order valence-electron chi connectivity index (χ4n) is 3.57. The van der Waals surface area contributed by atoms with Crippen molar-refractivity contribution in [2.75, 3.05) is 19.8 Å². The van der Waals surface area contributed by atoms with Gasteiger partial charge in [0, 0.05) is 34.2 Å². The molecule has 0 radical (unpaired) electrons. The third-order valence-electron chi connectivity index (χ3n) is 5.35. The molecular weight excluding hydrogens is 419 g/mol. The number of H-pyrrole nitrogens is 1. The van der Waals surface area contributed by atoms with E-state index >= 15 is 0 Å². The molecule has 2 aromatic carbocycles. The van der Waals surface area contributed by atoms with Crippen LogP contribution in [0.3, 0.4) is 0 Å². The Labute approximate surface area is 189 Å². The van der Waals surface area contributed by atoms with Gasteiger partial charge in [0.25, 0.3) is 0 Å². The van der Waals surface area contributed by atoms with E-state index in [0.29, 0.717) is 6.61 Å². The summed E-state index contributed by atoms with van der Waals surface area (Å²) < 4.78 is 11.9. The topological polar surface area (TPSA) is 46.3 Å². The molecule has 4 rings (SSSR count). The predicted molar refractivity (Wildman–Crippen MR) is 119 cm³/mol. The lowest BCUT2D eigenvalue weighted by Gasteiger charge is -2.26. The van der Waals surface area contributed by atoms with E-state index in [4.69, 9.17) is 21.1 Å². The van der Waals surface area contributed by atoms with Crippen LogP contribution in [-0.2, 0) is 6.42 Å². The van der Waals surface area contributed by atoms with Gasteiger partial charge in [-0.15, -0.1) is 0 Å². The zero-order valence-electron chi connectivity index (χ0n) is 17.5. The summed E-state index contributed by atoms with van der Waals surface area (Å²) in [5, 5.41) is 5.56. The van der Waals surface area contributed by atoms with Crippen LogP contribution < -0.4 is 27.2 Å². The molecule has 1 aliphatic rings. The summed E-state index contributed by atoms with van der Waals surface area (Å²) in [4.78, 5) is 3.33. The fraction of sp³-hybridized carbons (Fsp3) is 0.417. The summed E-state index contributed by atoms with van der Waals surface area (Å²) in [7, 11) is 0. The normalized spacial score (nSPS) is 13.8. The number of benzene rings is 2. The lowest BCUT2D eigenvalue weighted by atomic mass is 9.94. The summed E-state index contributed by atoms with van der Waals surface area (Å²) >= 11 is 6.18. The van der Waals surface area contributed by atoms with Gasteiger partial charge in [-0.2, -0.15) is 0 Å². The van der Waals surface area contributed by atoms with E-state index in [1.165, 1.54) is 23.8 Å². The third kappa shape index (κ3) is 6.07. The molecule has 2 N–H and O–H groups in total. The SMILES string of the molecule is CC(C)(Cc1c[nH]c2ccc(Cl)cc12)NCCOc1ccccc1OCC1CC1.[Cl-]. The first-order chi connectivity index (χ1) is 14.0. The number of ether oxygens (including phenoxy) is 2. The number of hydrogen-bond donors (Lipinski definition) is 2. The summed E-state index contributed by atoms with van der Waals surface area (Å²) in [5.41, 5.74) is 2.31. The second kappa shape index (κ2) is 9.95. The number of para-hydroxylation sites is 2. The van der Waals surface area contributed by atoms with Crippen LogP contribution in [0.25, 0.3) is 10.9 Å². The molecule has 1 aliphatic carbocycles. The first kappa shape index (κ1) is 22.8. The Bertz CT molecular complexity index is 967. The largest absolute Gasteiger partial charge is 1.00 e. The van der Waals surface area contributed by atoms with Gasteiger partial charge >= 0.3 is 0 Å². The number of rotatable bonds is 10. The molecule has 30 heavy (non-hydrogen) atoms. The van der Waals surface area contributed by atoms with Crippen molar-refractivity contribution in [3.8, 4) is 11.5 Å². The van der Waals surface area contributed by atoms with E-state index in [1.807, 2.05) is 42.5 Å². The highest BCUT2D eigenvalue weighted by Gasteiger charge is 2.23. The zero-order valence-corrected chi connectivity index (χ0v) is 19.0. The number of nitrogens with one attached hydrogen (secondary N) is 2. The van der Waals surface area contributed by atoms with Crippen molar-refractivity contribution in [2.24, 2.45) is 5.92 Å². The molecule has 0 spiro atoms. The van der Waals surface area contributed by atoms with Gasteiger partial charge in [0.1, 0.15) is 6.61 Å². The molecule has 0 atom stereocenters. The number of hydrogen-bond acceptors (Lipinski definition) is 3. The molecule has 1 heterocycles. The minimum Gasteiger partial charge on any atom is -1.00 e. The molecule has 1 fully saturated rings. The summed E-state index contributed by atoms with van der Waals surface area (Å²) in [5.74, 6) is 2.39. The predicted octanol–water partition coefficient (Wildman–Crippen LogP) is 2.60. The highest BCUT2D eigenvalue weighted by molar-refractivity contribution is 6.31. The van der Waals surface area contributed by atoms with E-state index < -0.39 is 0 Å². The van der Waals surface area contributed by atoms with Crippen LogP contribution in [0.1, 0.15) is 32.3 Å². The smallest absolute Gasteiger partial charge is 0.161 e. The quantitative estimate of drug-likeness (QED) is 0.469. The maximum Gasteiger partial charge on any atom is 0.161 e. The van der Waals surface area contributed by atoms with E-state index in [1.54, 1.807) is 0 Å². The van der Waals surface area contributed by atoms with E-state index in [0.717, 1.165) is 47.5 Å². The molecular formula is C24H29Cl2N2O2-. The Hall–Kier alpha value is -1.88. The average Bonchev–Trinajstić information content (AvgIpc) is 3.46. The van der Waals surface area contributed by atoms with Crippen LogP contribution in [0, 0.1) is 5.92 Å². The molecule has 0 bridgehead atoms. The lowest BCUT2D eigenvalue weighted by molar-refractivity contribution is -0.00000707. The van der Waals surface area contributed by atoms with Crippen molar-refractivity contribution in [1.82, 2.24) is 10.3 Å².